The molecule has 0 fully saturated rings. The Bertz CT molecular complexity index is 374. The van der Waals surface area contributed by atoms with E-state index in [2.05, 4.69) is 46.7 Å². The van der Waals surface area contributed by atoms with Gasteiger partial charge in [0.25, 0.3) is 0 Å². The molecule has 4 heteroatoms. The van der Waals surface area contributed by atoms with Gasteiger partial charge in [-0.25, -0.2) is 4.98 Å². The van der Waals surface area contributed by atoms with Crippen LogP contribution in [0.2, 0.25) is 0 Å². The minimum Gasteiger partial charge on any atom is -0.333 e. The highest BCUT2D eigenvalue weighted by Gasteiger charge is 2.22. The number of fused-ring (bicyclic) bond motifs is 1. The summed E-state index contributed by atoms with van der Waals surface area (Å²) in [4.78, 5) is 6.99. The van der Waals surface area contributed by atoms with Crippen LogP contribution >= 0.6 is 0 Å². The molecule has 19 heavy (non-hydrogen) atoms. The van der Waals surface area contributed by atoms with Crippen LogP contribution in [0.5, 0.6) is 0 Å². The van der Waals surface area contributed by atoms with Crippen LogP contribution in [0.15, 0.2) is 12.4 Å². The summed E-state index contributed by atoms with van der Waals surface area (Å²) in [6.07, 6.45) is 6.45. The Morgan fingerprint density at radius 3 is 2.95 bits per heavy atom. The highest BCUT2D eigenvalue weighted by atomic mass is 15.2. The molecular formula is C15H28N4. The summed E-state index contributed by atoms with van der Waals surface area (Å²) in [7, 11) is 0. The zero-order chi connectivity index (χ0) is 13.7. The normalized spacial score (nSPS) is 19.1. The maximum Gasteiger partial charge on any atom is 0.122 e. The van der Waals surface area contributed by atoms with E-state index in [1.165, 1.54) is 18.7 Å². The summed E-state index contributed by atoms with van der Waals surface area (Å²) in [6, 6.07) is 0.603. The molecule has 0 amide bonds. The average molecular weight is 264 g/mol. The molecule has 0 radical (unpaired) electrons. The largest absolute Gasteiger partial charge is 0.333 e. The van der Waals surface area contributed by atoms with Crippen LogP contribution in [0.1, 0.15) is 39.4 Å². The molecule has 0 saturated carbocycles. The third-order valence-electron chi connectivity index (χ3n) is 4.27. The molecule has 2 atom stereocenters. The lowest BCUT2D eigenvalue weighted by Crippen LogP contribution is -2.47. The number of rotatable bonds is 7. The topological polar surface area (TPSA) is 33.1 Å². The van der Waals surface area contributed by atoms with Gasteiger partial charge in [0, 0.05) is 38.1 Å². The van der Waals surface area contributed by atoms with Gasteiger partial charge in [-0.1, -0.05) is 27.2 Å². The second-order valence-electron chi connectivity index (χ2n) is 5.72. The molecule has 108 valence electrons. The zero-order valence-electron chi connectivity index (χ0n) is 12.6. The van der Waals surface area contributed by atoms with Gasteiger partial charge >= 0.3 is 0 Å². The van der Waals surface area contributed by atoms with Gasteiger partial charge in [0.15, 0.2) is 0 Å². The van der Waals surface area contributed by atoms with E-state index in [0.29, 0.717) is 6.04 Å². The molecule has 2 heterocycles. The van der Waals surface area contributed by atoms with Gasteiger partial charge in [0.2, 0.25) is 0 Å². The van der Waals surface area contributed by atoms with Crippen LogP contribution in [0, 0.1) is 5.92 Å². The molecule has 1 aliphatic rings. The van der Waals surface area contributed by atoms with Gasteiger partial charge in [-0.05, 0) is 18.9 Å². The fourth-order valence-electron chi connectivity index (χ4n) is 2.72. The molecular weight excluding hydrogens is 236 g/mol. The Kier molecular flexibility index (Phi) is 5.40. The predicted molar refractivity (Wildman–Crippen MR) is 79.0 cm³/mol. The van der Waals surface area contributed by atoms with Crippen LogP contribution in [-0.4, -0.2) is 40.1 Å². The number of hydrogen-bond acceptors (Lipinski definition) is 3. The van der Waals surface area contributed by atoms with Crippen molar-refractivity contribution in [3.05, 3.63) is 18.2 Å². The molecule has 1 aliphatic heterocycles. The van der Waals surface area contributed by atoms with Crippen LogP contribution in [0.4, 0.5) is 0 Å². The van der Waals surface area contributed by atoms with Crippen molar-refractivity contribution >= 4 is 0 Å². The van der Waals surface area contributed by atoms with E-state index in [1.807, 2.05) is 6.20 Å². The fourth-order valence-corrected chi connectivity index (χ4v) is 2.72. The summed E-state index contributed by atoms with van der Waals surface area (Å²) in [6.45, 7) is 12.4. The maximum atomic E-state index is 4.44. The Labute approximate surface area is 117 Å². The summed E-state index contributed by atoms with van der Waals surface area (Å²) in [5.74, 6) is 1.94. The second-order valence-corrected chi connectivity index (χ2v) is 5.72. The minimum absolute atomic E-state index is 0.603. The van der Waals surface area contributed by atoms with E-state index in [-0.39, 0.29) is 0 Å². The van der Waals surface area contributed by atoms with Crippen molar-refractivity contribution in [1.29, 1.82) is 0 Å². The summed E-state index contributed by atoms with van der Waals surface area (Å²) < 4.78 is 2.27. The third kappa shape index (κ3) is 3.80. The molecule has 0 spiro atoms. The van der Waals surface area contributed by atoms with Crippen LogP contribution in [-0.2, 0) is 13.1 Å². The smallest absolute Gasteiger partial charge is 0.122 e. The SMILES string of the molecule is CCCNC(CN1CCn2ccnc2C1)C(C)CC. The van der Waals surface area contributed by atoms with E-state index in [9.17, 15) is 0 Å². The molecule has 2 unspecified atom stereocenters. The maximum absolute atomic E-state index is 4.44. The van der Waals surface area contributed by atoms with Gasteiger partial charge in [-0.15, -0.1) is 0 Å². The van der Waals surface area contributed by atoms with Crippen molar-refractivity contribution in [2.24, 2.45) is 5.92 Å². The highest BCUT2D eigenvalue weighted by molar-refractivity contribution is 4.96. The third-order valence-corrected chi connectivity index (χ3v) is 4.27. The summed E-state index contributed by atoms with van der Waals surface area (Å²) in [5, 5.41) is 3.72. The van der Waals surface area contributed by atoms with Gasteiger partial charge in [0.1, 0.15) is 5.82 Å². The molecule has 4 nitrogen and oxygen atoms in total. The predicted octanol–water partition coefficient (Wildman–Crippen LogP) is 2.11. The van der Waals surface area contributed by atoms with Gasteiger partial charge < -0.3 is 9.88 Å². The Morgan fingerprint density at radius 2 is 2.21 bits per heavy atom. The Hall–Kier alpha value is -0.870. The quantitative estimate of drug-likeness (QED) is 0.819. The first-order valence-electron chi connectivity index (χ1n) is 7.70. The van der Waals surface area contributed by atoms with E-state index in [4.69, 9.17) is 0 Å². The van der Waals surface area contributed by atoms with Crippen molar-refractivity contribution in [1.82, 2.24) is 19.8 Å². The van der Waals surface area contributed by atoms with E-state index in [0.717, 1.165) is 38.6 Å². The fraction of sp³-hybridized carbons (Fsp3) is 0.800. The van der Waals surface area contributed by atoms with E-state index >= 15 is 0 Å². The molecule has 1 aromatic heterocycles. The van der Waals surface area contributed by atoms with Crippen LogP contribution < -0.4 is 5.32 Å². The lowest BCUT2D eigenvalue weighted by atomic mass is 9.98. The average Bonchev–Trinajstić information content (AvgIpc) is 2.90. The van der Waals surface area contributed by atoms with Crippen molar-refractivity contribution in [3.8, 4) is 0 Å². The highest BCUT2D eigenvalue weighted by Crippen LogP contribution is 2.14. The summed E-state index contributed by atoms with van der Waals surface area (Å²) >= 11 is 0. The second kappa shape index (κ2) is 7.06. The first-order chi connectivity index (χ1) is 9.24. The lowest BCUT2D eigenvalue weighted by molar-refractivity contribution is 0.173. The first-order valence-corrected chi connectivity index (χ1v) is 7.70. The number of hydrogen-bond donors (Lipinski definition) is 1. The van der Waals surface area contributed by atoms with Crippen molar-refractivity contribution < 1.29 is 0 Å². The van der Waals surface area contributed by atoms with Gasteiger partial charge in [0.05, 0.1) is 6.54 Å². The number of aromatic nitrogens is 2. The molecule has 0 saturated heterocycles. The van der Waals surface area contributed by atoms with E-state index < -0.39 is 0 Å². The number of nitrogens with one attached hydrogen (secondary N) is 1. The molecule has 0 aromatic carbocycles. The van der Waals surface area contributed by atoms with Gasteiger partial charge in [-0.2, -0.15) is 0 Å². The number of nitrogens with zero attached hydrogens (tertiary/aromatic N) is 3. The van der Waals surface area contributed by atoms with Crippen molar-refractivity contribution in [3.63, 3.8) is 0 Å². The van der Waals surface area contributed by atoms with Crippen LogP contribution in [0.25, 0.3) is 0 Å². The molecule has 1 N–H and O–H groups in total. The standard InChI is InChI=1S/C15H28N4/c1-4-6-16-14(13(3)5-2)11-18-9-10-19-8-7-17-15(19)12-18/h7-8,13-14,16H,4-6,9-12H2,1-3H3. The zero-order valence-corrected chi connectivity index (χ0v) is 12.6. The Morgan fingerprint density at radius 1 is 1.37 bits per heavy atom. The van der Waals surface area contributed by atoms with Gasteiger partial charge in [-0.3, -0.25) is 4.90 Å². The van der Waals surface area contributed by atoms with Crippen molar-refractivity contribution in [2.75, 3.05) is 19.6 Å². The first kappa shape index (κ1) is 14.5. The monoisotopic (exact) mass is 264 g/mol. The Balaban J connectivity index is 1.90. The van der Waals surface area contributed by atoms with E-state index in [1.54, 1.807) is 0 Å². The molecule has 0 aliphatic carbocycles. The molecule has 2 rings (SSSR count). The van der Waals surface area contributed by atoms with Crippen LogP contribution in [0.3, 0.4) is 0 Å². The minimum atomic E-state index is 0.603. The lowest BCUT2D eigenvalue weighted by Gasteiger charge is -2.33. The molecule has 1 aromatic rings. The molecule has 0 bridgehead atoms. The number of imidazole rings is 1. The summed E-state index contributed by atoms with van der Waals surface area (Å²) in [5.41, 5.74) is 0. The van der Waals surface area contributed by atoms with Crippen molar-refractivity contribution in [2.45, 2.75) is 52.7 Å².